The molecule has 1 aromatic rings. The van der Waals surface area contributed by atoms with E-state index in [0.29, 0.717) is 40.8 Å². The van der Waals surface area contributed by atoms with Gasteiger partial charge in [0, 0.05) is 19.2 Å². The molecule has 2 N–H and O–H groups in total. The lowest BCUT2D eigenvalue weighted by Crippen LogP contribution is -2.45. The van der Waals surface area contributed by atoms with Gasteiger partial charge in [0.1, 0.15) is 6.54 Å². The van der Waals surface area contributed by atoms with Crippen molar-refractivity contribution in [3.05, 3.63) is 35.0 Å². The van der Waals surface area contributed by atoms with Crippen molar-refractivity contribution in [1.82, 2.24) is 20.4 Å². The maximum atomic E-state index is 13.2. The molecule has 0 unspecified atom stereocenters. The van der Waals surface area contributed by atoms with Gasteiger partial charge in [-0.3, -0.25) is 14.5 Å². The quantitative estimate of drug-likeness (QED) is 0.697. The summed E-state index contributed by atoms with van der Waals surface area (Å²) in [7, 11) is 4.65. The number of ether oxygens (including phenoxy) is 2. The van der Waals surface area contributed by atoms with Gasteiger partial charge in [-0.1, -0.05) is 26.0 Å². The van der Waals surface area contributed by atoms with Crippen LogP contribution in [0.3, 0.4) is 0 Å². The number of nitrogens with zero attached hydrogens (tertiary/aromatic N) is 2. The summed E-state index contributed by atoms with van der Waals surface area (Å²) in [6, 6.07) is 4.27. The van der Waals surface area contributed by atoms with E-state index in [9.17, 15) is 14.4 Å². The van der Waals surface area contributed by atoms with Crippen LogP contribution in [0.15, 0.2) is 29.5 Å². The Hall–Kier alpha value is -3.23. The predicted molar refractivity (Wildman–Crippen MR) is 110 cm³/mol. The third kappa shape index (κ3) is 3.92. The maximum Gasteiger partial charge on any atom is 0.322 e. The number of hydrogen-bond donors (Lipinski definition) is 2. The summed E-state index contributed by atoms with van der Waals surface area (Å²) in [4.78, 5) is 41.0. The van der Waals surface area contributed by atoms with E-state index >= 15 is 0 Å². The standard InChI is InChI=1S/C21H28N4O5/c1-12(2)9-22-16(26)11-25-10-14-17(20(25)27)18(23-21(28)24(14)3)13-7-6-8-15(29-4)19(13)30-5/h6-8,12,18H,9-11H2,1-5H3,(H,22,26)(H,23,28)/t18-/m1/s1. The summed E-state index contributed by atoms with van der Waals surface area (Å²) in [6.07, 6.45) is 0. The monoisotopic (exact) mass is 416 g/mol. The van der Waals surface area contributed by atoms with E-state index in [0.717, 1.165) is 0 Å². The van der Waals surface area contributed by atoms with Crippen LogP contribution in [0.25, 0.3) is 0 Å². The second-order valence-corrected chi connectivity index (χ2v) is 7.74. The van der Waals surface area contributed by atoms with Crippen molar-refractivity contribution in [3.63, 3.8) is 0 Å². The molecular formula is C21H28N4O5. The molecule has 1 atom stereocenters. The first-order valence-electron chi connectivity index (χ1n) is 9.82. The van der Waals surface area contributed by atoms with Gasteiger partial charge in [0.25, 0.3) is 5.91 Å². The van der Waals surface area contributed by atoms with E-state index in [4.69, 9.17) is 9.47 Å². The number of hydrogen-bond acceptors (Lipinski definition) is 5. The molecule has 1 aromatic carbocycles. The van der Waals surface area contributed by atoms with Crippen LogP contribution in [-0.4, -0.2) is 68.5 Å². The number of nitrogens with one attached hydrogen (secondary N) is 2. The Bertz CT molecular complexity index is 895. The Kier molecular flexibility index (Phi) is 6.19. The number of para-hydroxylation sites is 1. The van der Waals surface area contributed by atoms with Crippen molar-refractivity contribution in [2.24, 2.45) is 5.92 Å². The highest BCUT2D eigenvalue weighted by molar-refractivity contribution is 6.03. The van der Waals surface area contributed by atoms with Crippen molar-refractivity contribution < 1.29 is 23.9 Å². The molecular weight excluding hydrogens is 388 g/mol. The average Bonchev–Trinajstić information content (AvgIpc) is 3.04. The van der Waals surface area contributed by atoms with Crippen LogP contribution in [0, 0.1) is 5.92 Å². The number of likely N-dealkylation sites (N-methyl/N-ethyl adjacent to an activating group) is 1. The molecule has 0 aliphatic carbocycles. The van der Waals surface area contributed by atoms with Crippen LogP contribution in [0.5, 0.6) is 11.5 Å². The molecule has 0 saturated heterocycles. The van der Waals surface area contributed by atoms with Crippen LogP contribution in [0.2, 0.25) is 0 Å². The number of methoxy groups -OCH3 is 2. The van der Waals surface area contributed by atoms with Gasteiger partial charge in [-0.25, -0.2) is 4.79 Å². The third-order valence-corrected chi connectivity index (χ3v) is 5.22. The summed E-state index contributed by atoms with van der Waals surface area (Å²) in [5, 5.41) is 5.69. The first-order valence-corrected chi connectivity index (χ1v) is 9.82. The largest absolute Gasteiger partial charge is 0.493 e. The highest BCUT2D eigenvalue weighted by Gasteiger charge is 2.44. The van der Waals surface area contributed by atoms with Gasteiger partial charge in [-0.05, 0) is 12.0 Å². The van der Waals surface area contributed by atoms with Gasteiger partial charge in [-0.2, -0.15) is 0 Å². The van der Waals surface area contributed by atoms with E-state index in [-0.39, 0.29) is 30.9 Å². The first kappa shape index (κ1) is 21.5. The topological polar surface area (TPSA) is 100 Å². The fraction of sp³-hybridized carbons (Fsp3) is 0.476. The van der Waals surface area contributed by atoms with Crippen molar-refractivity contribution >= 4 is 17.8 Å². The van der Waals surface area contributed by atoms with E-state index in [1.165, 1.54) is 24.0 Å². The Morgan fingerprint density at radius 1 is 1.27 bits per heavy atom. The molecule has 0 fully saturated rings. The fourth-order valence-corrected chi connectivity index (χ4v) is 3.67. The fourth-order valence-electron chi connectivity index (χ4n) is 3.67. The van der Waals surface area contributed by atoms with Crippen molar-refractivity contribution in [1.29, 1.82) is 0 Å². The molecule has 4 amide bonds. The zero-order valence-electron chi connectivity index (χ0n) is 17.9. The van der Waals surface area contributed by atoms with Crippen molar-refractivity contribution in [2.45, 2.75) is 19.9 Å². The van der Waals surface area contributed by atoms with Crippen LogP contribution in [-0.2, 0) is 9.59 Å². The minimum Gasteiger partial charge on any atom is -0.493 e. The Morgan fingerprint density at radius 2 is 2.00 bits per heavy atom. The number of benzene rings is 1. The summed E-state index contributed by atoms with van der Waals surface area (Å²) in [5.41, 5.74) is 1.63. The van der Waals surface area contributed by atoms with E-state index in [1.54, 1.807) is 25.2 Å². The second-order valence-electron chi connectivity index (χ2n) is 7.74. The number of urea groups is 1. The van der Waals surface area contributed by atoms with Gasteiger partial charge in [0.2, 0.25) is 5.91 Å². The average molecular weight is 416 g/mol. The highest BCUT2D eigenvalue weighted by atomic mass is 16.5. The zero-order valence-corrected chi connectivity index (χ0v) is 17.9. The lowest BCUT2D eigenvalue weighted by atomic mass is 9.94. The Labute approximate surface area is 176 Å². The van der Waals surface area contributed by atoms with Crippen molar-refractivity contribution in [3.8, 4) is 11.5 Å². The molecule has 2 heterocycles. The summed E-state index contributed by atoms with van der Waals surface area (Å²) >= 11 is 0. The second kappa shape index (κ2) is 8.64. The molecule has 0 saturated carbocycles. The van der Waals surface area contributed by atoms with Gasteiger partial charge in [0.15, 0.2) is 11.5 Å². The molecule has 0 bridgehead atoms. The van der Waals surface area contributed by atoms with Crippen molar-refractivity contribution in [2.75, 3.05) is 40.9 Å². The van der Waals surface area contributed by atoms with Gasteiger partial charge in [0.05, 0.1) is 38.1 Å². The maximum absolute atomic E-state index is 13.2. The van der Waals surface area contributed by atoms with Gasteiger partial charge < -0.3 is 25.0 Å². The van der Waals surface area contributed by atoms with Gasteiger partial charge in [-0.15, -0.1) is 0 Å². The molecule has 0 radical (unpaired) electrons. The van der Waals surface area contributed by atoms with Gasteiger partial charge >= 0.3 is 6.03 Å². The Morgan fingerprint density at radius 3 is 2.63 bits per heavy atom. The molecule has 0 aromatic heterocycles. The lowest BCUT2D eigenvalue weighted by molar-refractivity contribution is -0.132. The van der Waals surface area contributed by atoms with Crippen LogP contribution < -0.4 is 20.1 Å². The summed E-state index contributed by atoms with van der Waals surface area (Å²) in [6.45, 7) is 4.66. The van der Waals surface area contributed by atoms with Crippen LogP contribution >= 0.6 is 0 Å². The van der Waals surface area contributed by atoms with E-state index in [2.05, 4.69) is 10.6 Å². The molecule has 9 heteroatoms. The number of rotatable bonds is 7. The van der Waals surface area contributed by atoms with E-state index < -0.39 is 6.04 Å². The molecule has 9 nitrogen and oxygen atoms in total. The summed E-state index contributed by atoms with van der Waals surface area (Å²) < 4.78 is 10.9. The molecule has 0 spiro atoms. The Balaban J connectivity index is 1.92. The minimum absolute atomic E-state index is 0.0669. The molecule has 2 aliphatic heterocycles. The SMILES string of the molecule is COc1cccc([C@H]2NC(=O)N(C)C3=C2C(=O)N(CC(=O)NCC(C)C)C3)c1OC. The molecule has 30 heavy (non-hydrogen) atoms. The molecule has 162 valence electrons. The lowest BCUT2D eigenvalue weighted by Gasteiger charge is -2.31. The first-order chi connectivity index (χ1) is 14.3. The number of amides is 4. The highest BCUT2D eigenvalue weighted by Crippen LogP contribution is 2.42. The predicted octanol–water partition coefficient (Wildman–Crippen LogP) is 1.27. The van der Waals surface area contributed by atoms with Crippen LogP contribution in [0.1, 0.15) is 25.5 Å². The molecule has 3 rings (SSSR count). The normalized spacial score (nSPS) is 18.5. The minimum atomic E-state index is -0.704. The zero-order chi connectivity index (χ0) is 22.0. The number of carbonyl (C=O) groups excluding carboxylic acids is 3. The van der Waals surface area contributed by atoms with Crippen LogP contribution in [0.4, 0.5) is 4.79 Å². The summed E-state index contributed by atoms with van der Waals surface area (Å²) in [5.74, 6) is 0.747. The van der Waals surface area contributed by atoms with E-state index in [1.807, 2.05) is 13.8 Å². The number of carbonyl (C=O) groups is 3. The molecule has 2 aliphatic rings. The third-order valence-electron chi connectivity index (χ3n) is 5.22. The smallest absolute Gasteiger partial charge is 0.322 e.